The molecule has 1 spiro atoms. The maximum atomic E-state index is 6.32. The van der Waals surface area contributed by atoms with Crippen molar-refractivity contribution in [1.82, 2.24) is 0 Å². The molecule has 6 saturated carbocycles. The Morgan fingerprint density at radius 2 is 1.74 bits per heavy atom. The van der Waals surface area contributed by atoms with E-state index in [1.807, 2.05) is 7.11 Å². The van der Waals surface area contributed by atoms with E-state index in [1.54, 1.807) is 0 Å². The van der Waals surface area contributed by atoms with Gasteiger partial charge >= 0.3 is 0 Å². The Kier molecular flexibility index (Phi) is 4.55. The van der Waals surface area contributed by atoms with E-state index in [4.69, 9.17) is 4.74 Å². The summed E-state index contributed by atoms with van der Waals surface area (Å²) in [5.74, 6) is 8.08. The summed E-state index contributed by atoms with van der Waals surface area (Å²) in [6.45, 7) is 17.2. The topological polar surface area (TPSA) is 9.23 Å². The van der Waals surface area contributed by atoms with Crippen LogP contribution in [0.3, 0.4) is 0 Å². The van der Waals surface area contributed by atoms with Crippen molar-refractivity contribution in [1.29, 1.82) is 0 Å². The average Bonchev–Trinajstić information content (AvgIpc) is 3.62. The summed E-state index contributed by atoms with van der Waals surface area (Å²) in [4.78, 5) is 0. The van der Waals surface area contributed by atoms with Crippen LogP contribution >= 0.6 is 0 Å². The van der Waals surface area contributed by atoms with E-state index in [1.165, 1.54) is 63.4 Å². The minimum Gasteiger partial charge on any atom is -0.381 e. The molecular weight excluding hydrogens is 376 g/mol. The van der Waals surface area contributed by atoms with Gasteiger partial charge in [0.05, 0.1) is 6.10 Å². The molecule has 0 radical (unpaired) electrons. The maximum Gasteiger partial charge on any atom is 0.0638 e. The summed E-state index contributed by atoms with van der Waals surface area (Å²) in [5.41, 5.74) is 3.26. The second kappa shape index (κ2) is 6.64. The number of allylic oxidation sites excluding steroid dienone is 1. The molecule has 6 aliphatic carbocycles. The predicted octanol–water partition coefficient (Wildman–Crippen LogP) is 7.75. The van der Waals surface area contributed by atoms with Crippen LogP contribution in [0.4, 0.5) is 0 Å². The quantitative estimate of drug-likeness (QED) is 0.410. The molecule has 0 heterocycles. The number of hydrogen-bond acceptors (Lipinski definition) is 1. The summed E-state index contributed by atoms with van der Waals surface area (Å²) >= 11 is 0. The maximum absolute atomic E-state index is 6.32. The molecule has 0 aromatic carbocycles. The fourth-order valence-electron chi connectivity index (χ4n) is 11.4. The number of methoxy groups -OCH3 is 1. The molecule has 0 bridgehead atoms. The molecule has 0 aromatic heterocycles. The van der Waals surface area contributed by atoms with Crippen molar-refractivity contribution in [3.63, 3.8) is 0 Å². The van der Waals surface area contributed by atoms with Crippen LogP contribution in [0.5, 0.6) is 0 Å². The van der Waals surface area contributed by atoms with E-state index < -0.39 is 0 Å². The molecule has 174 valence electrons. The third kappa shape index (κ3) is 2.54. The lowest BCUT2D eigenvalue weighted by Gasteiger charge is -2.61. The van der Waals surface area contributed by atoms with Gasteiger partial charge in [-0.25, -0.2) is 0 Å². The van der Waals surface area contributed by atoms with Crippen LogP contribution in [-0.4, -0.2) is 13.2 Å². The molecule has 0 unspecified atom stereocenters. The molecule has 0 aliphatic heterocycles. The zero-order valence-electron chi connectivity index (χ0n) is 21.3. The first-order valence-electron chi connectivity index (χ1n) is 13.9. The highest BCUT2D eigenvalue weighted by atomic mass is 16.5. The van der Waals surface area contributed by atoms with Crippen LogP contribution in [-0.2, 0) is 4.74 Å². The van der Waals surface area contributed by atoms with Gasteiger partial charge in [-0.15, -0.1) is 0 Å². The van der Waals surface area contributed by atoms with E-state index in [0.29, 0.717) is 28.3 Å². The van der Waals surface area contributed by atoms with Crippen molar-refractivity contribution in [2.24, 2.45) is 69.5 Å². The van der Waals surface area contributed by atoms with Gasteiger partial charge in [-0.05, 0) is 122 Å². The lowest BCUT2D eigenvalue weighted by molar-refractivity contribution is -0.161. The van der Waals surface area contributed by atoms with Gasteiger partial charge in [-0.2, -0.15) is 0 Å². The van der Waals surface area contributed by atoms with E-state index in [2.05, 4.69) is 41.2 Å². The predicted molar refractivity (Wildman–Crippen MR) is 129 cm³/mol. The van der Waals surface area contributed by atoms with Crippen molar-refractivity contribution < 1.29 is 4.74 Å². The van der Waals surface area contributed by atoms with Gasteiger partial charge in [0.25, 0.3) is 0 Å². The number of fused-ring (bicyclic) bond motifs is 4. The van der Waals surface area contributed by atoms with E-state index in [9.17, 15) is 0 Å². The van der Waals surface area contributed by atoms with Gasteiger partial charge in [-0.1, -0.05) is 46.8 Å². The van der Waals surface area contributed by atoms with Crippen molar-refractivity contribution in [2.75, 3.05) is 7.11 Å². The molecule has 6 rings (SSSR count). The SMILES string of the molecule is C=C(C(C)C)[C@H]1C[C@@H]1[C@@H](C)[C@H]1CC[C@H]2[C@@H]3C[C@@H](OC)[C@]45C[C@@H]4CC[C@]5(C)[C@H]3CC[C@]12C. The van der Waals surface area contributed by atoms with Gasteiger partial charge < -0.3 is 4.74 Å². The fourth-order valence-corrected chi connectivity index (χ4v) is 11.4. The minimum atomic E-state index is 0.548. The van der Waals surface area contributed by atoms with Crippen LogP contribution in [0.25, 0.3) is 0 Å². The van der Waals surface area contributed by atoms with Gasteiger partial charge in [-0.3, -0.25) is 0 Å². The molecule has 0 N–H and O–H groups in total. The first-order valence-corrected chi connectivity index (χ1v) is 13.9. The molecule has 6 aliphatic rings. The van der Waals surface area contributed by atoms with Gasteiger partial charge in [0.15, 0.2) is 0 Å². The van der Waals surface area contributed by atoms with Crippen LogP contribution < -0.4 is 0 Å². The Morgan fingerprint density at radius 1 is 0.968 bits per heavy atom. The third-order valence-corrected chi connectivity index (χ3v) is 13.3. The summed E-state index contributed by atoms with van der Waals surface area (Å²) in [5, 5.41) is 0. The molecule has 1 nitrogen and oxygen atoms in total. The number of rotatable bonds is 5. The summed E-state index contributed by atoms with van der Waals surface area (Å²) in [7, 11) is 2.03. The van der Waals surface area contributed by atoms with E-state index >= 15 is 0 Å². The first kappa shape index (κ1) is 21.2. The Balaban J connectivity index is 1.24. The van der Waals surface area contributed by atoms with E-state index in [-0.39, 0.29) is 0 Å². The van der Waals surface area contributed by atoms with Crippen molar-refractivity contribution in [2.45, 2.75) is 98.5 Å². The average molecular weight is 425 g/mol. The highest BCUT2D eigenvalue weighted by Crippen LogP contribution is 2.82. The second-order valence-electron chi connectivity index (χ2n) is 14.1. The Bertz CT molecular complexity index is 768. The van der Waals surface area contributed by atoms with Crippen LogP contribution in [0, 0.1) is 69.5 Å². The highest BCUT2D eigenvalue weighted by Gasteiger charge is 2.77. The summed E-state index contributed by atoms with van der Waals surface area (Å²) in [6.07, 6.45) is 13.8. The summed E-state index contributed by atoms with van der Waals surface area (Å²) in [6, 6.07) is 0. The molecule has 1 heteroatoms. The molecule has 0 aromatic rings. The van der Waals surface area contributed by atoms with E-state index in [0.717, 1.165) is 47.3 Å². The first-order chi connectivity index (χ1) is 14.7. The third-order valence-electron chi connectivity index (χ3n) is 13.3. The van der Waals surface area contributed by atoms with Crippen LogP contribution in [0.1, 0.15) is 92.4 Å². The number of hydrogen-bond donors (Lipinski definition) is 0. The molecule has 0 saturated heterocycles. The zero-order valence-corrected chi connectivity index (χ0v) is 21.3. The normalized spacial score (nSPS) is 57.6. The van der Waals surface area contributed by atoms with Crippen LogP contribution in [0.2, 0.25) is 0 Å². The van der Waals surface area contributed by atoms with Crippen molar-refractivity contribution in [3.05, 3.63) is 12.2 Å². The standard InChI is InChI=1S/C30H48O/c1-17(2)18(3)21-14-22(21)19(4)24-8-9-25-23-15-27(31-7)30-16-20(30)10-13-29(30,6)26(23)11-12-28(24,25)5/h17,19-27H,3,8-16H2,1-2,4-7H3/t19-,20+,21-,22-,23+,24-,25+,26+,27-,28-,29-,30+/m1/s1. The Morgan fingerprint density at radius 3 is 2.42 bits per heavy atom. The Hall–Kier alpha value is -0.300. The molecule has 31 heavy (non-hydrogen) atoms. The largest absolute Gasteiger partial charge is 0.381 e. The Labute approximate surface area is 192 Å². The van der Waals surface area contributed by atoms with Crippen LogP contribution in [0.15, 0.2) is 12.2 Å². The minimum absolute atomic E-state index is 0.548. The molecule has 0 amide bonds. The van der Waals surface area contributed by atoms with Crippen molar-refractivity contribution >= 4 is 0 Å². The molecule has 6 fully saturated rings. The van der Waals surface area contributed by atoms with Gasteiger partial charge in [0.1, 0.15) is 0 Å². The van der Waals surface area contributed by atoms with Crippen molar-refractivity contribution in [3.8, 4) is 0 Å². The fraction of sp³-hybridized carbons (Fsp3) is 0.933. The molecular formula is C30H48O. The monoisotopic (exact) mass is 424 g/mol. The lowest BCUT2D eigenvalue weighted by Crippen LogP contribution is -2.57. The summed E-state index contributed by atoms with van der Waals surface area (Å²) < 4.78 is 6.32. The zero-order chi connectivity index (χ0) is 21.9. The van der Waals surface area contributed by atoms with Gasteiger partial charge in [0.2, 0.25) is 0 Å². The second-order valence-corrected chi connectivity index (χ2v) is 14.1. The smallest absolute Gasteiger partial charge is 0.0638 e. The number of ether oxygens (including phenoxy) is 1. The molecule has 12 atom stereocenters. The lowest BCUT2D eigenvalue weighted by atomic mass is 9.45. The highest BCUT2D eigenvalue weighted by molar-refractivity contribution is 5.26. The van der Waals surface area contributed by atoms with Gasteiger partial charge in [0, 0.05) is 12.5 Å².